The van der Waals surface area contributed by atoms with Crippen molar-refractivity contribution in [2.24, 2.45) is 10.8 Å². The second-order valence-corrected chi connectivity index (χ2v) is 5.86. The van der Waals surface area contributed by atoms with Crippen molar-refractivity contribution in [3.8, 4) is 0 Å². The molecule has 1 N–H and O–H groups in total. The van der Waals surface area contributed by atoms with Gasteiger partial charge < -0.3 is 5.11 Å². The molecular weight excluding hydrogens is 183 g/mol. The first-order valence-corrected chi connectivity index (χ1v) is 6.15. The third-order valence-electron chi connectivity index (χ3n) is 4.46. The summed E-state index contributed by atoms with van der Waals surface area (Å²) in [7, 11) is 6.10. The summed E-state index contributed by atoms with van der Waals surface area (Å²) in [5.74, 6) is 0. The first-order valence-electron chi connectivity index (χ1n) is 6.15. The summed E-state index contributed by atoms with van der Waals surface area (Å²) >= 11 is 0. The molecule has 0 rings (SSSR count). The number of rotatable bonds is 6. The van der Waals surface area contributed by atoms with E-state index < -0.39 is 5.50 Å². The Hall–Kier alpha value is 0.0249. The van der Waals surface area contributed by atoms with Crippen LogP contribution in [0.1, 0.15) is 67.2 Å². The maximum atomic E-state index is 10.4. The van der Waals surface area contributed by atoms with Crippen LogP contribution < -0.4 is 0 Å². The molecular formula is C13H27BO. The van der Waals surface area contributed by atoms with Crippen molar-refractivity contribution in [3.63, 3.8) is 0 Å². The van der Waals surface area contributed by atoms with E-state index in [9.17, 15) is 5.11 Å². The molecule has 0 bridgehead atoms. The molecule has 0 aliphatic carbocycles. The summed E-state index contributed by atoms with van der Waals surface area (Å²) in [6, 6.07) is 0. The Labute approximate surface area is 97.1 Å². The van der Waals surface area contributed by atoms with E-state index in [-0.39, 0.29) is 10.8 Å². The Morgan fingerprint density at radius 3 is 1.60 bits per heavy atom. The van der Waals surface area contributed by atoms with E-state index in [2.05, 4.69) is 27.7 Å². The van der Waals surface area contributed by atoms with E-state index in [1.54, 1.807) is 0 Å². The topological polar surface area (TPSA) is 20.2 Å². The molecule has 15 heavy (non-hydrogen) atoms. The number of aliphatic hydroxyl groups is 1. The fourth-order valence-electron chi connectivity index (χ4n) is 1.70. The summed E-state index contributed by atoms with van der Waals surface area (Å²) in [5.41, 5.74) is -1.14. The molecule has 1 nitrogen and oxygen atoms in total. The Balaban J connectivity index is 4.76. The van der Waals surface area contributed by atoms with Crippen molar-refractivity contribution in [2.75, 3.05) is 0 Å². The molecule has 2 heteroatoms. The maximum Gasteiger partial charge on any atom is 0.114 e. The van der Waals surface area contributed by atoms with E-state index in [1.165, 1.54) is 0 Å². The van der Waals surface area contributed by atoms with Crippen LogP contribution in [0.4, 0.5) is 0 Å². The van der Waals surface area contributed by atoms with Gasteiger partial charge in [-0.25, -0.2) is 0 Å². The zero-order chi connectivity index (χ0) is 12.3. The minimum absolute atomic E-state index is 0.149. The molecule has 0 aromatic rings. The van der Waals surface area contributed by atoms with Gasteiger partial charge in [-0.2, -0.15) is 0 Å². The maximum absolute atomic E-state index is 10.4. The molecule has 1 atom stereocenters. The summed E-state index contributed by atoms with van der Waals surface area (Å²) in [5, 5.41) is 10.4. The van der Waals surface area contributed by atoms with Crippen molar-refractivity contribution >= 4 is 7.85 Å². The molecule has 0 aliphatic heterocycles. The normalized spacial score (nSPS) is 17.5. The van der Waals surface area contributed by atoms with Crippen LogP contribution in [-0.4, -0.2) is 18.5 Å². The van der Waals surface area contributed by atoms with Gasteiger partial charge in [0.05, 0.1) is 0 Å². The van der Waals surface area contributed by atoms with Gasteiger partial charge in [-0.05, 0) is 23.7 Å². The van der Waals surface area contributed by atoms with Gasteiger partial charge in [0.2, 0.25) is 0 Å². The summed E-state index contributed by atoms with van der Waals surface area (Å²) in [6.45, 7) is 12.7. The van der Waals surface area contributed by atoms with Gasteiger partial charge in [0, 0.05) is 5.50 Å². The van der Waals surface area contributed by atoms with Crippen LogP contribution in [0.2, 0.25) is 0 Å². The van der Waals surface area contributed by atoms with E-state index in [4.69, 9.17) is 7.85 Å². The molecule has 2 radical (unpaired) electrons. The van der Waals surface area contributed by atoms with E-state index >= 15 is 0 Å². The van der Waals surface area contributed by atoms with Crippen molar-refractivity contribution in [1.82, 2.24) is 0 Å². The van der Waals surface area contributed by atoms with Gasteiger partial charge in [0.1, 0.15) is 7.85 Å². The predicted octanol–water partition coefficient (Wildman–Crippen LogP) is 3.50. The molecule has 0 aliphatic rings. The number of hydrogen-bond acceptors (Lipinski definition) is 1. The standard InChI is InChI=1S/C13H27BO/c1-7-11(4,5)13(14,15)10-12(6,8-2)9-3/h15H,7-10H2,1-6H3. The smallest absolute Gasteiger partial charge is 0.114 e. The molecule has 0 aromatic carbocycles. The fraction of sp³-hybridized carbons (Fsp3) is 1.00. The Morgan fingerprint density at radius 1 is 0.933 bits per heavy atom. The third kappa shape index (κ3) is 3.51. The molecule has 0 saturated carbocycles. The van der Waals surface area contributed by atoms with E-state index in [1.807, 2.05) is 13.8 Å². The Morgan fingerprint density at radius 2 is 1.33 bits per heavy atom. The van der Waals surface area contributed by atoms with Gasteiger partial charge >= 0.3 is 0 Å². The summed E-state index contributed by atoms with van der Waals surface area (Å²) in [4.78, 5) is 0. The zero-order valence-corrected chi connectivity index (χ0v) is 11.4. The van der Waals surface area contributed by atoms with Crippen LogP contribution in [0.15, 0.2) is 0 Å². The van der Waals surface area contributed by atoms with Crippen LogP contribution in [0.3, 0.4) is 0 Å². The summed E-state index contributed by atoms with van der Waals surface area (Å²) in [6.07, 6.45) is 3.68. The van der Waals surface area contributed by atoms with Gasteiger partial charge in [0.25, 0.3) is 0 Å². The van der Waals surface area contributed by atoms with Crippen molar-refractivity contribution in [2.45, 2.75) is 72.7 Å². The number of hydrogen-bond donors (Lipinski definition) is 1. The minimum atomic E-state index is -1.07. The fourth-order valence-corrected chi connectivity index (χ4v) is 1.70. The van der Waals surface area contributed by atoms with Gasteiger partial charge in [-0.15, -0.1) is 0 Å². The average Bonchev–Trinajstić information content (AvgIpc) is 2.16. The monoisotopic (exact) mass is 210 g/mol. The highest BCUT2D eigenvalue weighted by molar-refractivity contribution is 6.14. The van der Waals surface area contributed by atoms with Crippen LogP contribution in [0.5, 0.6) is 0 Å². The van der Waals surface area contributed by atoms with Crippen LogP contribution in [-0.2, 0) is 0 Å². The molecule has 0 amide bonds. The van der Waals surface area contributed by atoms with Crippen molar-refractivity contribution < 1.29 is 5.11 Å². The third-order valence-corrected chi connectivity index (χ3v) is 4.46. The highest BCUT2D eigenvalue weighted by atomic mass is 16.3. The molecule has 0 fully saturated rings. The molecule has 0 aromatic heterocycles. The first kappa shape index (κ1) is 15.0. The van der Waals surface area contributed by atoms with Crippen LogP contribution >= 0.6 is 0 Å². The quantitative estimate of drug-likeness (QED) is 0.665. The lowest BCUT2D eigenvalue weighted by Crippen LogP contribution is -2.48. The second-order valence-electron chi connectivity index (χ2n) is 5.86. The summed E-state index contributed by atoms with van der Waals surface area (Å²) < 4.78 is 0. The lowest BCUT2D eigenvalue weighted by Gasteiger charge is -2.45. The van der Waals surface area contributed by atoms with Gasteiger partial charge in [-0.3, -0.25) is 0 Å². The van der Waals surface area contributed by atoms with Crippen molar-refractivity contribution in [1.29, 1.82) is 0 Å². The van der Waals surface area contributed by atoms with E-state index in [0.29, 0.717) is 6.42 Å². The largest absolute Gasteiger partial charge is 0.399 e. The van der Waals surface area contributed by atoms with Crippen LogP contribution in [0, 0.1) is 10.8 Å². The molecule has 1 unspecified atom stereocenters. The Kier molecular flexibility index (Phi) is 4.91. The van der Waals surface area contributed by atoms with Gasteiger partial charge in [0.15, 0.2) is 0 Å². The highest BCUT2D eigenvalue weighted by Gasteiger charge is 2.41. The molecule has 0 saturated heterocycles. The average molecular weight is 210 g/mol. The lowest BCUT2D eigenvalue weighted by molar-refractivity contribution is -0.0331. The second kappa shape index (κ2) is 4.90. The van der Waals surface area contributed by atoms with Crippen molar-refractivity contribution in [3.05, 3.63) is 0 Å². The lowest BCUT2D eigenvalue weighted by atomic mass is 9.55. The van der Waals surface area contributed by atoms with Crippen LogP contribution in [0.25, 0.3) is 0 Å². The SMILES string of the molecule is [B]C(O)(CC(C)(CC)CC)C(C)(C)CC. The predicted molar refractivity (Wildman–Crippen MR) is 68.1 cm³/mol. The molecule has 0 spiro atoms. The zero-order valence-electron chi connectivity index (χ0n) is 11.4. The molecule has 0 heterocycles. The van der Waals surface area contributed by atoms with E-state index in [0.717, 1.165) is 19.3 Å². The first-order chi connectivity index (χ1) is 6.64. The Bertz CT molecular complexity index is 193. The molecule has 88 valence electrons. The van der Waals surface area contributed by atoms with Gasteiger partial charge in [-0.1, -0.05) is 54.4 Å². The highest BCUT2D eigenvalue weighted by Crippen LogP contribution is 2.42. The minimum Gasteiger partial charge on any atom is -0.399 e.